The number of nitrogens with zero attached hydrogens (tertiary/aromatic N) is 2. The second-order valence-electron chi connectivity index (χ2n) is 2.98. The van der Waals surface area contributed by atoms with Crippen molar-refractivity contribution in [1.29, 1.82) is 5.26 Å². The molecule has 6 nitrogen and oxygen atoms in total. The average molecular weight is 239 g/mol. The molecule has 0 fully saturated rings. The minimum Gasteiger partial charge on any atom is -0.368 e. The largest absolute Gasteiger partial charge is 0.368 e. The third-order valence-electron chi connectivity index (χ3n) is 1.80. The number of nitriles is 1. The molecule has 0 radical (unpaired) electrons. The van der Waals surface area contributed by atoms with Crippen LogP contribution in [0.1, 0.15) is 18.9 Å². The van der Waals surface area contributed by atoms with E-state index in [1.165, 1.54) is 7.05 Å². The smallest absolute Gasteiger partial charge is 0.319 e. The third kappa shape index (κ3) is 2.84. The number of nitrogens with one attached hydrogen (secondary N) is 3. The topological polar surface area (TPSA) is 89.8 Å². The first-order chi connectivity index (χ1) is 7.72. The predicted molar refractivity (Wildman–Crippen MR) is 63.7 cm³/mol. The quantitative estimate of drug-likeness (QED) is 0.744. The van der Waals surface area contributed by atoms with Crippen LogP contribution in [0.3, 0.4) is 0 Å². The van der Waals surface area contributed by atoms with Crippen molar-refractivity contribution < 1.29 is 4.79 Å². The number of rotatable bonds is 4. The van der Waals surface area contributed by atoms with E-state index in [-0.39, 0.29) is 6.03 Å². The first kappa shape index (κ1) is 12.3. The summed E-state index contributed by atoms with van der Waals surface area (Å²) >= 11 is 1.09. The van der Waals surface area contributed by atoms with E-state index in [4.69, 9.17) is 5.26 Å². The van der Waals surface area contributed by atoms with E-state index in [2.05, 4.69) is 20.3 Å². The van der Waals surface area contributed by atoms with Crippen molar-refractivity contribution in [1.82, 2.24) is 9.69 Å². The Hall–Kier alpha value is -1.81. The van der Waals surface area contributed by atoms with E-state index in [0.29, 0.717) is 16.4 Å². The Bertz CT molecular complexity index is 409. The molecular formula is C9H13N5OS. The number of aromatic nitrogens is 1. The van der Waals surface area contributed by atoms with Crippen molar-refractivity contribution in [3.8, 4) is 6.07 Å². The van der Waals surface area contributed by atoms with E-state index < -0.39 is 0 Å². The van der Waals surface area contributed by atoms with Crippen LogP contribution in [0.15, 0.2) is 0 Å². The molecule has 1 aromatic heterocycles. The number of carbonyl (C=O) groups excluding carboxylic acids is 1. The molecule has 86 valence electrons. The molecule has 0 aliphatic carbocycles. The molecule has 0 atom stereocenters. The standard InChI is InChI=1S/C9H13N5OS/c1-3-4-12-7-6(5-10)8(16-14-7)13-9(15)11-2/h3-4H2,1-2H3,(H,12,14)(H2,11,13,15). The van der Waals surface area contributed by atoms with Gasteiger partial charge in [0.05, 0.1) is 0 Å². The summed E-state index contributed by atoms with van der Waals surface area (Å²) in [4.78, 5) is 11.1. The van der Waals surface area contributed by atoms with Crippen molar-refractivity contribution in [2.24, 2.45) is 0 Å². The van der Waals surface area contributed by atoms with Gasteiger partial charge in [0, 0.05) is 13.6 Å². The molecule has 0 unspecified atom stereocenters. The second-order valence-corrected chi connectivity index (χ2v) is 3.75. The second kappa shape index (κ2) is 5.92. The van der Waals surface area contributed by atoms with Gasteiger partial charge in [-0.3, -0.25) is 5.32 Å². The van der Waals surface area contributed by atoms with Gasteiger partial charge in [-0.25, -0.2) is 4.79 Å². The maximum Gasteiger partial charge on any atom is 0.319 e. The van der Waals surface area contributed by atoms with Gasteiger partial charge in [0.2, 0.25) is 0 Å². The van der Waals surface area contributed by atoms with Crippen molar-refractivity contribution in [2.45, 2.75) is 13.3 Å². The number of carbonyl (C=O) groups is 1. The zero-order valence-corrected chi connectivity index (χ0v) is 9.94. The normalized spacial score (nSPS) is 9.31. The maximum atomic E-state index is 11.1. The first-order valence-corrected chi connectivity index (χ1v) is 5.62. The molecular weight excluding hydrogens is 226 g/mol. The number of urea groups is 1. The molecule has 1 rings (SSSR count). The van der Waals surface area contributed by atoms with Crippen LogP contribution in [0.2, 0.25) is 0 Å². The van der Waals surface area contributed by atoms with Gasteiger partial charge in [0.25, 0.3) is 0 Å². The Kier molecular flexibility index (Phi) is 4.54. The maximum absolute atomic E-state index is 11.1. The Labute approximate surface area is 97.8 Å². The molecule has 0 aliphatic heterocycles. The minimum atomic E-state index is -0.359. The van der Waals surface area contributed by atoms with Crippen LogP contribution < -0.4 is 16.0 Å². The third-order valence-corrected chi connectivity index (χ3v) is 2.56. The zero-order valence-electron chi connectivity index (χ0n) is 9.13. The number of amides is 2. The molecule has 1 aromatic rings. The predicted octanol–water partition coefficient (Wildman–Crippen LogP) is 1.59. The summed E-state index contributed by atoms with van der Waals surface area (Å²) in [7, 11) is 1.51. The molecule has 0 spiro atoms. The monoisotopic (exact) mass is 239 g/mol. The number of hydrogen-bond donors (Lipinski definition) is 3. The van der Waals surface area contributed by atoms with Crippen LogP contribution in [0.4, 0.5) is 15.6 Å². The van der Waals surface area contributed by atoms with Crippen LogP contribution in [-0.4, -0.2) is 24.0 Å². The highest BCUT2D eigenvalue weighted by Crippen LogP contribution is 2.27. The van der Waals surface area contributed by atoms with E-state index in [9.17, 15) is 4.79 Å². The van der Waals surface area contributed by atoms with Crippen LogP contribution in [-0.2, 0) is 0 Å². The highest BCUT2D eigenvalue weighted by atomic mass is 32.1. The van der Waals surface area contributed by atoms with Crippen LogP contribution >= 0.6 is 11.5 Å². The summed E-state index contributed by atoms with van der Waals surface area (Å²) in [6.45, 7) is 2.77. The van der Waals surface area contributed by atoms with Gasteiger partial charge in [-0.2, -0.15) is 9.64 Å². The van der Waals surface area contributed by atoms with Gasteiger partial charge in [-0.05, 0) is 18.0 Å². The fourth-order valence-electron chi connectivity index (χ4n) is 1.01. The molecule has 2 amide bonds. The Morgan fingerprint density at radius 2 is 2.38 bits per heavy atom. The minimum absolute atomic E-state index is 0.359. The lowest BCUT2D eigenvalue weighted by molar-refractivity contribution is 0.254. The fourth-order valence-corrected chi connectivity index (χ4v) is 1.72. The summed E-state index contributed by atoms with van der Waals surface area (Å²) in [5, 5.41) is 17.4. The van der Waals surface area contributed by atoms with Crippen LogP contribution in [0.25, 0.3) is 0 Å². The van der Waals surface area contributed by atoms with Crippen molar-refractivity contribution in [3.63, 3.8) is 0 Å². The summed E-state index contributed by atoms with van der Waals surface area (Å²) in [6, 6.07) is 1.67. The highest BCUT2D eigenvalue weighted by molar-refractivity contribution is 7.11. The molecule has 16 heavy (non-hydrogen) atoms. The molecule has 1 heterocycles. The Balaban J connectivity index is 2.83. The summed E-state index contributed by atoms with van der Waals surface area (Å²) in [6.07, 6.45) is 0.945. The van der Waals surface area contributed by atoms with E-state index in [1.807, 2.05) is 13.0 Å². The van der Waals surface area contributed by atoms with Gasteiger partial charge in [-0.15, -0.1) is 0 Å². The van der Waals surface area contributed by atoms with Crippen LogP contribution in [0.5, 0.6) is 0 Å². The number of hydrogen-bond acceptors (Lipinski definition) is 5. The van der Waals surface area contributed by atoms with Crippen molar-refractivity contribution in [3.05, 3.63) is 5.56 Å². The van der Waals surface area contributed by atoms with E-state index >= 15 is 0 Å². The van der Waals surface area contributed by atoms with Crippen molar-refractivity contribution >= 4 is 28.4 Å². The lowest BCUT2D eigenvalue weighted by Crippen LogP contribution is -2.24. The van der Waals surface area contributed by atoms with Gasteiger partial charge in [0.15, 0.2) is 5.82 Å². The van der Waals surface area contributed by atoms with Gasteiger partial charge in [-0.1, -0.05) is 6.92 Å². The summed E-state index contributed by atoms with van der Waals surface area (Å²) in [5.41, 5.74) is 0.377. The lowest BCUT2D eigenvalue weighted by atomic mass is 10.3. The first-order valence-electron chi connectivity index (χ1n) is 4.85. The molecule has 3 N–H and O–H groups in total. The van der Waals surface area contributed by atoms with Crippen LogP contribution in [0, 0.1) is 11.3 Å². The summed E-state index contributed by atoms with van der Waals surface area (Å²) in [5.74, 6) is 0.528. The van der Waals surface area contributed by atoms with Crippen molar-refractivity contribution in [2.75, 3.05) is 24.2 Å². The van der Waals surface area contributed by atoms with Gasteiger partial charge < -0.3 is 10.6 Å². The van der Waals surface area contributed by atoms with E-state index in [0.717, 1.165) is 24.5 Å². The molecule has 0 saturated carbocycles. The van der Waals surface area contributed by atoms with Gasteiger partial charge in [0.1, 0.15) is 16.6 Å². The summed E-state index contributed by atoms with van der Waals surface area (Å²) < 4.78 is 4.08. The van der Waals surface area contributed by atoms with Gasteiger partial charge >= 0.3 is 6.03 Å². The molecule has 0 aliphatic rings. The molecule has 0 aromatic carbocycles. The number of anilines is 2. The zero-order chi connectivity index (χ0) is 12.0. The lowest BCUT2D eigenvalue weighted by Gasteiger charge is -2.02. The highest BCUT2D eigenvalue weighted by Gasteiger charge is 2.14. The average Bonchev–Trinajstić information content (AvgIpc) is 2.68. The molecule has 0 bridgehead atoms. The fraction of sp³-hybridized carbons (Fsp3) is 0.444. The SMILES string of the molecule is CCCNc1nsc(NC(=O)NC)c1C#N. The molecule has 7 heteroatoms. The Morgan fingerprint density at radius 1 is 1.62 bits per heavy atom. The molecule has 0 saturated heterocycles. The van der Waals surface area contributed by atoms with E-state index in [1.54, 1.807) is 0 Å². The Morgan fingerprint density at radius 3 is 2.94 bits per heavy atom.